The predicted octanol–water partition coefficient (Wildman–Crippen LogP) is 2.73. The van der Waals surface area contributed by atoms with Crippen molar-refractivity contribution in [3.05, 3.63) is 30.6 Å². The van der Waals surface area contributed by atoms with Crippen LogP contribution in [0.25, 0.3) is 5.52 Å². The summed E-state index contributed by atoms with van der Waals surface area (Å²) in [5.74, 6) is 0.0326. The molecule has 0 aliphatic rings. The number of amides is 1. The van der Waals surface area contributed by atoms with E-state index in [-0.39, 0.29) is 16.7 Å². The van der Waals surface area contributed by atoms with E-state index < -0.39 is 0 Å². The van der Waals surface area contributed by atoms with Gasteiger partial charge in [-0.3, -0.25) is 9.20 Å². The molecular weight excluding hydrogens is 258 g/mol. The van der Waals surface area contributed by atoms with Gasteiger partial charge in [-0.2, -0.15) is 0 Å². The Labute approximate surface area is 117 Å². The van der Waals surface area contributed by atoms with Crippen LogP contribution in [0.1, 0.15) is 27.7 Å². The number of hydrogen-bond acceptors (Lipinski definition) is 3. The van der Waals surface area contributed by atoms with Gasteiger partial charge in [0, 0.05) is 11.7 Å². The van der Waals surface area contributed by atoms with Gasteiger partial charge in [-0.25, -0.2) is 4.98 Å². The molecule has 2 aromatic rings. The van der Waals surface area contributed by atoms with E-state index in [2.05, 4.69) is 10.3 Å². The maximum atomic E-state index is 12.1. The number of pyridine rings is 1. The van der Waals surface area contributed by atoms with E-state index in [0.29, 0.717) is 0 Å². The van der Waals surface area contributed by atoms with Gasteiger partial charge in [-0.15, -0.1) is 0 Å². The summed E-state index contributed by atoms with van der Waals surface area (Å²) in [6.45, 7) is 7.84. The third kappa shape index (κ3) is 3.50. The average Bonchev–Trinajstić information content (AvgIpc) is 2.70. The average molecular weight is 277 g/mol. The first-order valence-electron chi connectivity index (χ1n) is 6.27. The second-order valence-corrected chi connectivity index (χ2v) is 6.84. The molecule has 102 valence electrons. The first-order valence-corrected chi connectivity index (χ1v) is 7.15. The molecule has 2 heterocycles. The van der Waals surface area contributed by atoms with Crippen molar-refractivity contribution in [3.63, 3.8) is 0 Å². The minimum atomic E-state index is -0.208. The van der Waals surface area contributed by atoms with E-state index in [1.54, 1.807) is 0 Å². The van der Waals surface area contributed by atoms with E-state index in [9.17, 15) is 4.79 Å². The highest BCUT2D eigenvalue weighted by Gasteiger charge is 2.21. The fraction of sp³-hybridized carbons (Fsp3) is 0.429. The van der Waals surface area contributed by atoms with Crippen LogP contribution < -0.4 is 5.32 Å². The number of hydrogen-bond donors (Lipinski definition) is 1. The molecule has 0 aliphatic carbocycles. The van der Waals surface area contributed by atoms with Crippen LogP contribution in [0.5, 0.6) is 0 Å². The first-order chi connectivity index (χ1) is 8.87. The maximum Gasteiger partial charge on any atom is 0.233 e. The highest BCUT2D eigenvalue weighted by molar-refractivity contribution is 8.00. The van der Waals surface area contributed by atoms with Gasteiger partial charge in [-0.1, -0.05) is 17.8 Å². The summed E-state index contributed by atoms with van der Waals surface area (Å²) in [7, 11) is 0. The van der Waals surface area contributed by atoms with Gasteiger partial charge in [-0.05, 0) is 39.8 Å². The Morgan fingerprint density at radius 1 is 1.42 bits per heavy atom. The Bertz CT molecular complexity index is 586. The first kappa shape index (κ1) is 13.9. The number of carbonyl (C=O) groups is 1. The van der Waals surface area contributed by atoms with Crippen LogP contribution in [0.4, 0.5) is 0 Å². The molecule has 0 saturated carbocycles. The summed E-state index contributed by atoms with van der Waals surface area (Å²) >= 11 is 1.47. The second-order valence-electron chi connectivity index (χ2n) is 5.54. The van der Waals surface area contributed by atoms with Gasteiger partial charge in [0.1, 0.15) is 0 Å². The minimum Gasteiger partial charge on any atom is -0.351 e. The Morgan fingerprint density at radius 2 is 2.16 bits per heavy atom. The van der Waals surface area contributed by atoms with Gasteiger partial charge < -0.3 is 5.32 Å². The predicted molar refractivity (Wildman–Crippen MR) is 78.4 cm³/mol. The summed E-state index contributed by atoms with van der Waals surface area (Å²) in [6.07, 6.45) is 3.77. The lowest BCUT2D eigenvalue weighted by atomic mass is 10.1. The van der Waals surface area contributed by atoms with E-state index >= 15 is 0 Å². The molecule has 0 aliphatic heterocycles. The van der Waals surface area contributed by atoms with Crippen molar-refractivity contribution in [2.24, 2.45) is 0 Å². The Morgan fingerprint density at radius 3 is 2.84 bits per heavy atom. The van der Waals surface area contributed by atoms with Crippen molar-refractivity contribution in [2.45, 2.75) is 43.6 Å². The molecule has 2 rings (SSSR count). The van der Waals surface area contributed by atoms with Gasteiger partial charge in [0.15, 0.2) is 5.16 Å². The van der Waals surface area contributed by atoms with Crippen molar-refractivity contribution in [1.29, 1.82) is 0 Å². The Hall–Kier alpha value is -1.49. The number of aromatic nitrogens is 2. The molecule has 1 amide bonds. The third-order valence-electron chi connectivity index (χ3n) is 2.55. The molecule has 0 radical (unpaired) electrons. The molecule has 4 nitrogen and oxygen atoms in total. The van der Waals surface area contributed by atoms with Crippen molar-refractivity contribution in [1.82, 2.24) is 14.7 Å². The smallest absolute Gasteiger partial charge is 0.233 e. The summed E-state index contributed by atoms with van der Waals surface area (Å²) < 4.78 is 1.99. The van der Waals surface area contributed by atoms with Crippen LogP contribution in [0, 0.1) is 0 Å². The van der Waals surface area contributed by atoms with E-state index in [0.717, 1.165) is 10.7 Å². The zero-order chi connectivity index (χ0) is 14.0. The fourth-order valence-corrected chi connectivity index (χ4v) is 2.56. The number of thioether (sulfide) groups is 1. The lowest BCUT2D eigenvalue weighted by Gasteiger charge is -2.22. The minimum absolute atomic E-state index is 0.0326. The number of fused-ring (bicyclic) bond motifs is 1. The lowest BCUT2D eigenvalue weighted by molar-refractivity contribution is -0.121. The van der Waals surface area contributed by atoms with Crippen LogP contribution in [0.15, 0.2) is 35.7 Å². The molecule has 0 spiro atoms. The summed E-state index contributed by atoms with van der Waals surface area (Å²) in [4.78, 5) is 16.4. The van der Waals surface area contributed by atoms with Crippen LogP contribution in [-0.2, 0) is 4.79 Å². The molecule has 0 fully saturated rings. The molecule has 19 heavy (non-hydrogen) atoms. The standard InChI is InChI=1S/C14H19N3OS/c1-10(12(18)16-14(2,3)4)19-13-15-9-11-7-5-6-8-17(11)13/h5-10H,1-4H3,(H,16,18). The largest absolute Gasteiger partial charge is 0.351 e. The summed E-state index contributed by atoms with van der Waals surface area (Å²) in [6, 6.07) is 5.93. The lowest BCUT2D eigenvalue weighted by Crippen LogP contribution is -2.44. The molecule has 0 saturated heterocycles. The van der Waals surface area contributed by atoms with Crippen LogP contribution >= 0.6 is 11.8 Å². The molecular formula is C14H19N3OS. The molecule has 1 N–H and O–H groups in total. The van der Waals surface area contributed by atoms with Gasteiger partial charge in [0.05, 0.1) is 17.0 Å². The highest BCUT2D eigenvalue weighted by atomic mass is 32.2. The van der Waals surface area contributed by atoms with Crippen molar-refractivity contribution in [2.75, 3.05) is 0 Å². The van der Waals surface area contributed by atoms with Crippen molar-refractivity contribution < 1.29 is 4.79 Å². The van der Waals surface area contributed by atoms with E-state index in [1.807, 2.05) is 62.7 Å². The van der Waals surface area contributed by atoms with Gasteiger partial charge in [0.2, 0.25) is 5.91 Å². The van der Waals surface area contributed by atoms with Gasteiger partial charge >= 0.3 is 0 Å². The topological polar surface area (TPSA) is 46.4 Å². The summed E-state index contributed by atoms with van der Waals surface area (Å²) in [5.41, 5.74) is 0.828. The van der Waals surface area contributed by atoms with Crippen LogP contribution in [-0.4, -0.2) is 26.1 Å². The zero-order valence-electron chi connectivity index (χ0n) is 11.7. The number of carbonyl (C=O) groups excluding carboxylic acids is 1. The number of imidazole rings is 1. The summed E-state index contributed by atoms with van der Waals surface area (Å²) in [5, 5.41) is 3.65. The molecule has 1 atom stereocenters. The zero-order valence-corrected chi connectivity index (χ0v) is 12.5. The van der Waals surface area contributed by atoms with Crippen molar-refractivity contribution >= 4 is 23.2 Å². The number of nitrogens with one attached hydrogen (secondary N) is 1. The Balaban J connectivity index is 2.10. The third-order valence-corrected chi connectivity index (χ3v) is 3.63. The second kappa shape index (κ2) is 5.25. The maximum absolute atomic E-state index is 12.1. The number of nitrogens with zero attached hydrogens (tertiary/aromatic N) is 2. The molecule has 0 bridgehead atoms. The molecule has 5 heteroatoms. The normalized spacial score (nSPS) is 13.5. The number of rotatable bonds is 3. The fourth-order valence-electron chi connectivity index (χ4n) is 1.69. The van der Waals surface area contributed by atoms with Crippen LogP contribution in [0.2, 0.25) is 0 Å². The van der Waals surface area contributed by atoms with E-state index in [1.165, 1.54) is 11.8 Å². The van der Waals surface area contributed by atoms with Gasteiger partial charge in [0.25, 0.3) is 0 Å². The molecule has 0 aromatic carbocycles. The van der Waals surface area contributed by atoms with Crippen LogP contribution in [0.3, 0.4) is 0 Å². The monoisotopic (exact) mass is 277 g/mol. The quantitative estimate of drug-likeness (QED) is 0.878. The molecule has 1 unspecified atom stereocenters. The van der Waals surface area contributed by atoms with E-state index in [4.69, 9.17) is 0 Å². The van der Waals surface area contributed by atoms with Crippen molar-refractivity contribution in [3.8, 4) is 0 Å². The molecule has 2 aromatic heterocycles. The highest BCUT2D eigenvalue weighted by Crippen LogP contribution is 2.23. The SMILES string of the molecule is CC(Sc1ncc2ccccn12)C(=O)NC(C)(C)C. The Kier molecular flexibility index (Phi) is 3.85.